The van der Waals surface area contributed by atoms with Crippen LogP contribution < -0.4 is 5.56 Å². The normalized spacial score (nSPS) is 24.5. The Kier molecular flexibility index (Phi) is 6.55. The first-order chi connectivity index (χ1) is 20.1. The van der Waals surface area contributed by atoms with Crippen molar-refractivity contribution >= 4 is 35.4 Å². The third kappa shape index (κ3) is 4.30. The van der Waals surface area contributed by atoms with Crippen LogP contribution >= 0.6 is 8.60 Å². The molecule has 3 N–H and O–H groups in total. The molecule has 2 aliphatic heterocycles. The maximum atomic E-state index is 14.1. The Balaban J connectivity index is 1.44. The second-order valence-corrected chi connectivity index (χ2v) is 13.3. The van der Waals surface area contributed by atoms with E-state index in [1.807, 2.05) is 44.2 Å². The number of fused-ring (bicyclic) bond motifs is 3. The average molecular weight is 612 g/mol. The topological polar surface area (TPSA) is 170 Å². The molecule has 218 valence electrons. The van der Waals surface area contributed by atoms with Gasteiger partial charge in [-0.15, -0.1) is 0 Å². The SMILES string of the molecule is CC(C)c1ccc(S(=O)(=O)c2nc3c(=O)n4cc(-c5ccccc5)[nH]c4nc3n2[C@@H]2OC3COP(O)O[C@H]3[C@@H]2O)cc1. The highest BCUT2D eigenvalue weighted by atomic mass is 32.2. The molecule has 0 bridgehead atoms. The predicted octanol–water partition coefficient (Wildman–Crippen LogP) is 2.89. The van der Waals surface area contributed by atoms with Crippen LogP contribution in [0.2, 0.25) is 0 Å². The van der Waals surface area contributed by atoms with Crippen molar-refractivity contribution in [1.82, 2.24) is 23.9 Å². The lowest BCUT2D eigenvalue weighted by atomic mass is 10.0. The summed E-state index contributed by atoms with van der Waals surface area (Å²) in [5.41, 5.74) is 1.43. The lowest BCUT2D eigenvalue weighted by Crippen LogP contribution is -2.38. The molecule has 5 atom stereocenters. The van der Waals surface area contributed by atoms with Crippen molar-refractivity contribution in [2.75, 3.05) is 6.61 Å². The number of ether oxygens (including phenoxy) is 1. The fourth-order valence-corrected chi connectivity index (χ4v) is 7.47. The number of benzene rings is 2. The van der Waals surface area contributed by atoms with E-state index in [1.54, 1.807) is 18.3 Å². The third-order valence-electron chi connectivity index (χ3n) is 7.53. The van der Waals surface area contributed by atoms with Crippen molar-refractivity contribution in [3.05, 3.63) is 76.7 Å². The molecule has 5 aromatic rings. The first kappa shape index (κ1) is 27.3. The van der Waals surface area contributed by atoms with Gasteiger partial charge in [-0.1, -0.05) is 56.3 Å². The summed E-state index contributed by atoms with van der Waals surface area (Å²) in [4.78, 5) is 35.6. The van der Waals surface area contributed by atoms with Gasteiger partial charge in [0.1, 0.15) is 18.3 Å². The van der Waals surface area contributed by atoms with E-state index in [-0.39, 0.29) is 34.4 Å². The summed E-state index contributed by atoms with van der Waals surface area (Å²) in [6, 6.07) is 15.7. The molecule has 0 aliphatic carbocycles. The molecule has 13 nitrogen and oxygen atoms in total. The molecular formula is C27H26N5O8PS. The van der Waals surface area contributed by atoms with E-state index >= 15 is 0 Å². The molecule has 0 spiro atoms. The number of aliphatic hydroxyl groups is 1. The van der Waals surface area contributed by atoms with Gasteiger partial charge in [-0.25, -0.2) is 17.8 Å². The Labute approximate surface area is 240 Å². The highest BCUT2D eigenvalue weighted by molar-refractivity contribution is 7.91. The van der Waals surface area contributed by atoms with Gasteiger partial charge in [-0.05, 0) is 29.2 Å². The van der Waals surface area contributed by atoms with Crippen molar-refractivity contribution in [2.24, 2.45) is 0 Å². The number of nitrogens with one attached hydrogen (secondary N) is 1. The maximum absolute atomic E-state index is 14.1. The number of sulfone groups is 1. The van der Waals surface area contributed by atoms with Gasteiger partial charge in [0.25, 0.3) is 5.56 Å². The number of hydrogen-bond donors (Lipinski definition) is 3. The van der Waals surface area contributed by atoms with E-state index in [0.29, 0.717) is 5.69 Å². The van der Waals surface area contributed by atoms with Gasteiger partial charge in [-0.2, -0.15) is 4.98 Å². The molecule has 5 heterocycles. The molecular weight excluding hydrogens is 585 g/mol. The van der Waals surface area contributed by atoms with Crippen LogP contribution in [0.4, 0.5) is 0 Å². The van der Waals surface area contributed by atoms with E-state index in [1.165, 1.54) is 16.5 Å². The number of imidazole rings is 2. The molecule has 2 aliphatic rings. The van der Waals surface area contributed by atoms with Crippen molar-refractivity contribution in [2.45, 2.75) is 54.4 Å². The molecule has 0 amide bonds. The molecule has 0 radical (unpaired) electrons. The Hall–Kier alpha value is -3.49. The number of aliphatic hydroxyl groups excluding tert-OH is 1. The Morgan fingerprint density at radius 3 is 2.55 bits per heavy atom. The summed E-state index contributed by atoms with van der Waals surface area (Å²) in [6.45, 7) is 3.91. The van der Waals surface area contributed by atoms with Gasteiger partial charge in [0.05, 0.1) is 17.2 Å². The summed E-state index contributed by atoms with van der Waals surface area (Å²) in [5, 5.41) is 10.7. The van der Waals surface area contributed by atoms with Crippen LogP contribution in [0.5, 0.6) is 0 Å². The van der Waals surface area contributed by atoms with E-state index in [9.17, 15) is 23.2 Å². The van der Waals surface area contributed by atoms with Crippen molar-refractivity contribution in [1.29, 1.82) is 0 Å². The molecule has 7 rings (SSSR count). The Bertz CT molecular complexity index is 1970. The smallest absolute Gasteiger partial charge is 0.330 e. The molecule has 2 saturated heterocycles. The second-order valence-electron chi connectivity index (χ2n) is 10.5. The van der Waals surface area contributed by atoms with Crippen LogP contribution in [0, 0.1) is 0 Å². The zero-order valence-corrected chi connectivity index (χ0v) is 24.1. The monoisotopic (exact) mass is 611 g/mol. The summed E-state index contributed by atoms with van der Waals surface area (Å²) < 4.78 is 47.1. The number of aromatic nitrogens is 5. The highest BCUT2D eigenvalue weighted by Crippen LogP contribution is 2.47. The Morgan fingerprint density at radius 1 is 1.10 bits per heavy atom. The summed E-state index contributed by atoms with van der Waals surface area (Å²) in [5.74, 6) is 0.324. The number of rotatable bonds is 5. The van der Waals surface area contributed by atoms with E-state index < -0.39 is 53.7 Å². The molecule has 42 heavy (non-hydrogen) atoms. The molecule has 2 aromatic carbocycles. The van der Waals surface area contributed by atoms with Crippen LogP contribution in [-0.2, 0) is 23.6 Å². The standard InChI is InChI=1S/C27H26N5O8PS/c1-14(2)15-8-10-17(11-9-15)42(36,37)27-29-20-23(32(27)25-21(33)22-19(39-25)13-38-41(35)40-22)30-26-28-18(12-31(26)24(20)34)16-6-4-3-5-7-16/h3-12,14,19,21-22,25,33,35H,13H2,1-2H3,(H,28,30)/t19?,21-,22+,25+,41?/m0/s1. The van der Waals surface area contributed by atoms with E-state index in [0.717, 1.165) is 15.7 Å². The van der Waals surface area contributed by atoms with Crippen LogP contribution in [0.3, 0.4) is 0 Å². The first-order valence-corrected chi connectivity index (χ1v) is 15.8. The van der Waals surface area contributed by atoms with Crippen LogP contribution in [0.25, 0.3) is 28.2 Å². The fraction of sp³-hybridized carbons (Fsp3) is 0.296. The minimum absolute atomic E-state index is 0.0520. The minimum Gasteiger partial charge on any atom is -0.386 e. The Morgan fingerprint density at radius 2 is 1.83 bits per heavy atom. The number of nitrogens with zero attached hydrogens (tertiary/aromatic N) is 4. The van der Waals surface area contributed by atoms with Crippen LogP contribution in [0.1, 0.15) is 31.6 Å². The van der Waals surface area contributed by atoms with E-state index in [2.05, 4.69) is 15.0 Å². The maximum Gasteiger partial charge on any atom is 0.330 e. The first-order valence-electron chi connectivity index (χ1n) is 13.2. The predicted molar refractivity (Wildman–Crippen MR) is 150 cm³/mol. The third-order valence-corrected chi connectivity index (χ3v) is 9.98. The lowest BCUT2D eigenvalue weighted by Gasteiger charge is -2.27. The number of aromatic amines is 1. The summed E-state index contributed by atoms with van der Waals surface area (Å²) in [7, 11) is -6.59. The van der Waals surface area contributed by atoms with Gasteiger partial charge in [0.15, 0.2) is 17.4 Å². The van der Waals surface area contributed by atoms with Gasteiger partial charge in [0.2, 0.25) is 20.8 Å². The summed E-state index contributed by atoms with van der Waals surface area (Å²) in [6.07, 6.45) is -3.05. The average Bonchev–Trinajstić information content (AvgIpc) is 3.68. The van der Waals surface area contributed by atoms with Gasteiger partial charge in [-0.3, -0.25) is 9.36 Å². The second kappa shape index (κ2) is 10.1. The van der Waals surface area contributed by atoms with Crippen LogP contribution in [-0.4, -0.2) is 67.3 Å². The number of hydrogen-bond acceptors (Lipinski definition) is 10. The van der Waals surface area contributed by atoms with E-state index in [4.69, 9.17) is 13.8 Å². The molecule has 2 unspecified atom stereocenters. The van der Waals surface area contributed by atoms with Crippen molar-refractivity contribution < 1.29 is 32.2 Å². The van der Waals surface area contributed by atoms with Crippen molar-refractivity contribution in [3.8, 4) is 11.3 Å². The summed E-state index contributed by atoms with van der Waals surface area (Å²) >= 11 is 0. The van der Waals surface area contributed by atoms with Crippen LogP contribution in [0.15, 0.2) is 75.6 Å². The lowest BCUT2D eigenvalue weighted by molar-refractivity contribution is -0.0615. The number of H-pyrrole nitrogens is 1. The zero-order chi connectivity index (χ0) is 29.3. The molecule has 15 heteroatoms. The fourth-order valence-electron chi connectivity index (χ4n) is 5.30. The van der Waals surface area contributed by atoms with Gasteiger partial charge >= 0.3 is 8.60 Å². The largest absolute Gasteiger partial charge is 0.386 e. The van der Waals surface area contributed by atoms with Crippen molar-refractivity contribution in [3.63, 3.8) is 0 Å². The van der Waals surface area contributed by atoms with Gasteiger partial charge in [0, 0.05) is 6.20 Å². The molecule has 3 aromatic heterocycles. The quantitative estimate of drug-likeness (QED) is 0.251. The zero-order valence-electron chi connectivity index (χ0n) is 22.4. The minimum atomic E-state index is -4.34. The molecule has 0 saturated carbocycles. The van der Waals surface area contributed by atoms with Gasteiger partial charge < -0.3 is 28.8 Å². The highest BCUT2D eigenvalue weighted by Gasteiger charge is 2.51. The molecule has 2 fully saturated rings.